The van der Waals surface area contributed by atoms with Crippen molar-refractivity contribution in [2.24, 2.45) is 10.8 Å². The lowest BCUT2D eigenvalue weighted by Gasteiger charge is -2.47. The molecule has 0 aromatic carbocycles. The smallest absolute Gasteiger partial charge is 0.0666 e. The molecule has 0 radical (unpaired) electrons. The molecule has 0 spiro atoms. The van der Waals surface area contributed by atoms with E-state index in [4.69, 9.17) is 4.74 Å². The lowest BCUT2D eigenvalue weighted by Crippen LogP contribution is -2.52. The van der Waals surface area contributed by atoms with Crippen LogP contribution in [0.4, 0.5) is 0 Å². The summed E-state index contributed by atoms with van der Waals surface area (Å²) in [5.74, 6) is 0. The molecule has 2 rings (SSSR count). The Kier molecular flexibility index (Phi) is 4.57. The molecule has 2 unspecified atom stereocenters. The minimum Gasteiger partial charge on any atom is -0.375 e. The molecule has 2 fully saturated rings. The van der Waals surface area contributed by atoms with Gasteiger partial charge in [-0.05, 0) is 56.3 Å². The summed E-state index contributed by atoms with van der Waals surface area (Å²) in [6, 6.07) is 1.32. The lowest BCUT2D eigenvalue weighted by atomic mass is 9.63. The van der Waals surface area contributed by atoms with E-state index in [2.05, 4.69) is 46.9 Å². The predicted octanol–water partition coefficient (Wildman–Crippen LogP) is 4.53. The van der Waals surface area contributed by atoms with Crippen LogP contribution in [0.5, 0.6) is 0 Å². The first-order chi connectivity index (χ1) is 9.13. The summed E-state index contributed by atoms with van der Waals surface area (Å²) < 4.78 is 5.98. The molecule has 0 aromatic heterocycles. The van der Waals surface area contributed by atoms with Gasteiger partial charge in [-0.25, -0.2) is 0 Å². The number of hydrogen-bond acceptors (Lipinski definition) is 2. The maximum atomic E-state index is 5.98. The standard InChI is InChI=1S/C18H35NO/c1-7-18(6)12-14(8-9-20-18)19-15-10-16(2,3)13-17(4,5)11-15/h14-15,19H,7-13H2,1-6H3. The van der Waals surface area contributed by atoms with Gasteiger partial charge in [0.15, 0.2) is 0 Å². The van der Waals surface area contributed by atoms with E-state index >= 15 is 0 Å². The van der Waals surface area contributed by atoms with E-state index in [0.29, 0.717) is 22.9 Å². The number of nitrogens with one attached hydrogen (secondary N) is 1. The summed E-state index contributed by atoms with van der Waals surface area (Å²) in [5, 5.41) is 3.98. The number of ether oxygens (including phenoxy) is 1. The van der Waals surface area contributed by atoms with Gasteiger partial charge in [-0.3, -0.25) is 0 Å². The van der Waals surface area contributed by atoms with Crippen molar-refractivity contribution in [1.82, 2.24) is 5.32 Å². The Bertz CT molecular complexity index is 320. The maximum absolute atomic E-state index is 5.98. The third-order valence-electron chi connectivity index (χ3n) is 5.37. The zero-order valence-corrected chi connectivity index (χ0v) is 14.5. The van der Waals surface area contributed by atoms with Crippen LogP contribution in [0.3, 0.4) is 0 Å². The van der Waals surface area contributed by atoms with Gasteiger partial charge in [0.05, 0.1) is 5.60 Å². The Hall–Kier alpha value is -0.0800. The van der Waals surface area contributed by atoms with Crippen LogP contribution in [0.1, 0.15) is 80.1 Å². The number of hydrogen-bond donors (Lipinski definition) is 1. The van der Waals surface area contributed by atoms with Crippen molar-refractivity contribution >= 4 is 0 Å². The maximum Gasteiger partial charge on any atom is 0.0666 e. The third-order valence-corrected chi connectivity index (χ3v) is 5.37. The van der Waals surface area contributed by atoms with E-state index in [0.717, 1.165) is 13.0 Å². The fourth-order valence-corrected chi connectivity index (χ4v) is 4.82. The van der Waals surface area contributed by atoms with Crippen molar-refractivity contribution in [3.05, 3.63) is 0 Å². The molecule has 1 aliphatic carbocycles. The van der Waals surface area contributed by atoms with E-state index in [-0.39, 0.29) is 5.60 Å². The molecule has 0 aromatic rings. The molecule has 118 valence electrons. The molecule has 1 N–H and O–H groups in total. The first kappa shape index (κ1) is 16.3. The normalized spacial score (nSPS) is 37.8. The van der Waals surface area contributed by atoms with Crippen LogP contribution in [-0.2, 0) is 4.74 Å². The van der Waals surface area contributed by atoms with Gasteiger partial charge in [-0.1, -0.05) is 34.6 Å². The highest BCUT2D eigenvalue weighted by Gasteiger charge is 2.40. The van der Waals surface area contributed by atoms with Crippen molar-refractivity contribution in [2.45, 2.75) is 97.8 Å². The molecule has 0 amide bonds. The van der Waals surface area contributed by atoms with E-state index in [9.17, 15) is 0 Å². The molecule has 2 nitrogen and oxygen atoms in total. The summed E-state index contributed by atoms with van der Waals surface area (Å²) in [6.07, 6.45) is 7.44. The predicted molar refractivity (Wildman–Crippen MR) is 86.0 cm³/mol. The van der Waals surface area contributed by atoms with E-state index in [1.165, 1.54) is 32.1 Å². The van der Waals surface area contributed by atoms with E-state index in [1.54, 1.807) is 0 Å². The Morgan fingerprint density at radius 2 is 1.55 bits per heavy atom. The van der Waals surface area contributed by atoms with E-state index in [1.807, 2.05) is 0 Å². The Morgan fingerprint density at radius 3 is 2.10 bits per heavy atom. The first-order valence-corrected chi connectivity index (χ1v) is 8.53. The topological polar surface area (TPSA) is 21.3 Å². The largest absolute Gasteiger partial charge is 0.375 e. The average Bonchev–Trinajstić information content (AvgIpc) is 2.24. The molecule has 2 heteroatoms. The van der Waals surface area contributed by atoms with Crippen LogP contribution in [0, 0.1) is 10.8 Å². The third kappa shape index (κ3) is 4.21. The van der Waals surface area contributed by atoms with Crippen LogP contribution >= 0.6 is 0 Å². The Labute approximate surface area is 126 Å². The van der Waals surface area contributed by atoms with Gasteiger partial charge in [-0.15, -0.1) is 0 Å². The second-order valence-corrected chi connectivity index (χ2v) is 9.12. The minimum absolute atomic E-state index is 0.0929. The highest BCUT2D eigenvalue weighted by molar-refractivity contribution is 4.95. The van der Waals surface area contributed by atoms with Crippen LogP contribution in [0.15, 0.2) is 0 Å². The zero-order chi connectivity index (χ0) is 15.0. The molecule has 1 saturated heterocycles. The van der Waals surface area contributed by atoms with Crippen molar-refractivity contribution in [2.75, 3.05) is 6.61 Å². The van der Waals surface area contributed by atoms with Crippen molar-refractivity contribution in [3.63, 3.8) is 0 Å². The zero-order valence-electron chi connectivity index (χ0n) is 14.5. The fourth-order valence-electron chi connectivity index (χ4n) is 4.82. The fraction of sp³-hybridized carbons (Fsp3) is 1.00. The van der Waals surface area contributed by atoms with Crippen molar-refractivity contribution in [3.8, 4) is 0 Å². The lowest BCUT2D eigenvalue weighted by molar-refractivity contribution is -0.0811. The molecule has 1 heterocycles. The first-order valence-electron chi connectivity index (χ1n) is 8.53. The van der Waals surface area contributed by atoms with Gasteiger partial charge in [-0.2, -0.15) is 0 Å². The molecule has 1 aliphatic heterocycles. The van der Waals surface area contributed by atoms with E-state index < -0.39 is 0 Å². The summed E-state index contributed by atoms with van der Waals surface area (Å²) >= 11 is 0. The van der Waals surface area contributed by atoms with Gasteiger partial charge in [0.25, 0.3) is 0 Å². The molecule has 1 saturated carbocycles. The highest BCUT2D eigenvalue weighted by atomic mass is 16.5. The molecule has 2 aliphatic rings. The van der Waals surface area contributed by atoms with Crippen molar-refractivity contribution in [1.29, 1.82) is 0 Å². The summed E-state index contributed by atoms with van der Waals surface area (Å²) in [7, 11) is 0. The average molecular weight is 281 g/mol. The van der Waals surface area contributed by atoms with Gasteiger partial charge in [0, 0.05) is 18.7 Å². The second kappa shape index (κ2) is 5.61. The number of rotatable bonds is 3. The monoisotopic (exact) mass is 281 g/mol. The molecule has 2 atom stereocenters. The van der Waals surface area contributed by atoms with Crippen LogP contribution in [0.25, 0.3) is 0 Å². The SMILES string of the molecule is CCC1(C)CC(NC2CC(C)(C)CC(C)(C)C2)CCO1. The summed E-state index contributed by atoms with van der Waals surface area (Å²) in [6.45, 7) is 15.2. The van der Waals surface area contributed by atoms with Gasteiger partial charge in [0.1, 0.15) is 0 Å². The molecular weight excluding hydrogens is 246 g/mol. The molecule has 0 bridgehead atoms. The highest BCUT2D eigenvalue weighted by Crippen LogP contribution is 2.46. The van der Waals surface area contributed by atoms with Crippen LogP contribution in [0.2, 0.25) is 0 Å². The summed E-state index contributed by atoms with van der Waals surface area (Å²) in [4.78, 5) is 0. The Morgan fingerprint density at radius 1 is 0.950 bits per heavy atom. The van der Waals surface area contributed by atoms with Gasteiger partial charge in [0.2, 0.25) is 0 Å². The minimum atomic E-state index is 0.0929. The van der Waals surface area contributed by atoms with Gasteiger partial charge >= 0.3 is 0 Å². The second-order valence-electron chi connectivity index (χ2n) is 9.12. The summed E-state index contributed by atoms with van der Waals surface area (Å²) in [5.41, 5.74) is 1.03. The molecule has 20 heavy (non-hydrogen) atoms. The van der Waals surface area contributed by atoms with Crippen LogP contribution < -0.4 is 5.32 Å². The quantitative estimate of drug-likeness (QED) is 0.820. The van der Waals surface area contributed by atoms with Gasteiger partial charge < -0.3 is 10.1 Å². The Balaban J connectivity index is 1.95. The van der Waals surface area contributed by atoms with Crippen molar-refractivity contribution < 1.29 is 4.74 Å². The molecular formula is C18H35NO. The van der Waals surface area contributed by atoms with Crippen LogP contribution in [-0.4, -0.2) is 24.3 Å².